The number of hydrogen-bond donors (Lipinski definition) is 1. The third-order valence-corrected chi connectivity index (χ3v) is 1.31. The molecule has 1 aromatic heterocycles. The van der Waals surface area contributed by atoms with Crippen molar-refractivity contribution in [2.75, 3.05) is 0 Å². The zero-order valence-corrected chi connectivity index (χ0v) is 6.13. The van der Waals surface area contributed by atoms with Gasteiger partial charge in [-0.2, -0.15) is 9.65 Å². The van der Waals surface area contributed by atoms with Crippen LogP contribution in [0.3, 0.4) is 0 Å². The predicted molar refractivity (Wildman–Crippen MR) is 35.5 cm³/mol. The largest absolute Gasteiger partial charge is 0.504 e. The first-order valence-electron chi connectivity index (χ1n) is 3.14. The van der Waals surface area contributed by atoms with Gasteiger partial charge in [-0.05, 0) is 0 Å². The molecule has 1 N–H and O–H groups in total. The van der Waals surface area contributed by atoms with Gasteiger partial charge in [0.15, 0.2) is 5.75 Å². The molecular weight excluding hydrogens is 185 g/mol. The van der Waals surface area contributed by atoms with Gasteiger partial charge in [-0.25, -0.2) is 13.8 Å². The van der Waals surface area contributed by atoms with Crippen molar-refractivity contribution >= 4 is 0 Å². The zero-order chi connectivity index (χ0) is 10.0. The number of nitrogens with zero attached hydrogens (tertiary/aromatic N) is 2. The molecule has 0 aliphatic carbocycles. The minimum Gasteiger partial charge on any atom is -0.504 e. The van der Waals surface area contributed by atoms with Gasteiger partial charge in [0.25, 0.3) is 12.4 Å². The van der Waals surface area contributed by atoms with Gasteiger partial charge in [-0.1, -0.05) is 0 Å². The van der Waals surface area contributed by atoms with Crippen LogP contribution >= 0.6 is 0 Å². The Hall–Kier alpha value is -1.77. The minimum atomic E-state index is -3.04. The average Bonchev–Trinajstić information content (AvgIpc) is 2.08. The van der Waals surface area contributed by atoms with E-state index in [-0.39, 0.29) is 0 Å². The lowest BCUT2D eigenvalue weighted by atomic mass is 10.2. The molecule has 0 saturated carbocycles. The highest BCUT2D eigenvalue weighted by Gasteiger charge is 2.18. The van der Waals surface area contributed by atoms with E-state index in [1.165, 1.54) is 6.07 Å². The summed E-state index contributed by atoms with van der Waals surface area (Å²) in [5.41, 5.74) is -1.49. The molecule has 1 heterocycles. The summed E-state index contributed by atoms with van der Waals surface area (Å²) < 4.78 is 36.6. The van der Waals surface area contributed by atoms with Crippen LogP contribution in [0.4, 0.5) is 13.2 Å². The van der Waals surface area contributed by atoms with Crippen LogP contribution in [0.15, 0.2) is 6.07 Å². The third kappa shape index (κ3) is 1.69. The number of aromatic nitrogens is 1. The van der Waals surface area contributed by atoms with E-state index in [1.807, 2.05) is 0 Å². The summed E-state index contributed by atoms with van der Waals surface area (Å²) in [5, 5.41) is 17.0. The number of nitriles is 1. The standard InChI is InChI=1S/C7H3F3N2O/c8-6(9)5-3(2-11)1-4(13)7(10)12-5/h1,6,13H. The fourth-order valence-electron chi connectivity index (χ4n) is 0.749. The summed E-state index contributed by atoms with van der Waals surface area (Å²) >= 11 is 0. The third-order valence-electron chi connectivity index (χ3n) is 1.31. The topological polar surface area (TPSA) is 56.9 Å². The number of rotatable bonds is 1. The first kappa shape index (κ1) is 9.32. The SMILES string of the molecule is N#Cc1cc(O)c(F)nc1C(F)F. The van der Waals surface area contributed by atoms with E-state index < -0.39 is 29.4 Å². The summed E-state index contributed by atoms with van der Waals surface area (Å²) in [5.74, 6) is -2.32. The van der Waals surface area contributed by atoms with Crippen LogP contribution in [0.1, 0.15) is 17.7 Å². The van der Waals surface area contributed by atoms with E-state index in [4.69, 9.17) is 10.4 Å². The lowest BCUT2D eigenvalue weighted by Crippen LogP contribution is -1.98. The maximum atomic E-state index is 12.5. The van der Waals surface area contributed by atoms with Crippen molar-refractivity contribution in [3.8, 4) is 11.8 Å². The van der Waals surface area contributed by atoms with Crippen molar-refractivity contribution in [3.63, 3.8) is 0 Å². The molecule has 0 amide bonds. The Morgan fingerprint density at radius 3 is 2.62 bits per heavy atom. The van der Waals surface area contributed by atoms with E-state index in [0.717, 1.165) is 0 Å². The quantitative estimate of drug-likeness (QED) is 0.683. The van der Waals surface area contributed by atoms with Crippen LogP contribution in [-0.2, 0) is 0 Å². The Bertz CT molecular complexity index is 373. The van der Waals surface area contributed by atoms with Crippen LogP contribution in [0.2, 0.25) is 0 Å². The molecule has 0 fully saturated rings. The normalized spacial score (nSPS) is 10.1. The number of alkyl halides is 2. The van der Waals surface area contributed by atoms with Crippen LogP contribution in [0, 0.1) is 17.3 Å². The van der Waals surface area contributed by atoms with Crippen LogP contribution in [-0.4, -0.2) is 10.1 Å². The molecule has 13 heavy (non-hydrogen) atoms. The lowest BCUT2D eigenvalue weighted by Gasteiger charge is -2.02. The summed E-state index contributed by atoms with van der Waals surface area (Å²) in [7, 11) is 0. The number of aromatic hydroxyl groups is 1. The summed E-state index contributed by atoms with van der Waals surface area (Å²) in [6.07, 6.45) is -3.04. The van der Waals surface area contributed by atoms with Gasteiger partial charge in [0.1, 0.15) is 11.8 Å². The van der Waals surface area contributed by atoms with Gasteiger partial charge in [0.2, 0.25) is 0 Å². The van der Waals surface area contributed by atoms with Crippen LogP contribution in [0.5, 0.6) is 5.75 Å². The predicted octanol–water partition coefficient (Wildman–Crippen LogP) is 1.74. The van der Waals surface area contributed by atoms with Crippen LogP contribution < -0.4 is 0 Å². The molecule has 1 aromatic rings. The minimum absolute atomic E-state index is 0.533. The molecule has 68 valence electrons. The van der Waals surface area contributed by atoms with Gasteiger partial charge < -0.3 is 5.11 Å². The van der Waals surface area contributed by atoms with E-state index in [1.54, 1.807) is 0 Å². The molecule has 0 atom stereocenters. The average molecular weight is 188 g/mol. The van der Waals surface area contributed by atoms with Gasteiger partial charge in [0, 0.05) is 6.07 Å². The number of pyridine rings is 1. The Morgan fingerprint density at radius 2 is 2.15 bits per heavy atom. The first-order chi connectivity index (χ1) is 6.06. The fraction of sp³-hybridized carbons (Fsp3) is 0.143. The highest BCUT2D eigenvalue weighted by Crippen LogP contribution is 2.24. The van der Waals surface area contributed by atoms with Crippen molar-refractivity contribution in [2.45, 2.75) is 6.43 Å². The molecule has 0 bridgehead atoms. The molecule has 0 spiro atoms. The molecule has 0 aliphatic rings. The second-order valence-corrected chi connectivity index (χ2v) is 2.14. The molecule has 0 aromatic carbocycles. The van der Waals surface area contributed by atoms with Crippen LogP contribution in [0.25, 0.3) is 0 Å². The molecule has 0 radical (unpaired) electrons. The van der Waals surface area contributed by atoms with Crippen molar-refractivity contribution in [1.29, 1.82) is 5.26 Å². The van der Waals surface area contributed by atoms with E-state index in [2.05, 4.69) is 4.98 Å². The van der Waals surface area contributed by atoms with Crippen molar-refractivity contribution in [1.82, 2.24) is 4.98 Å². The summed E-state index contributed by atoms with van der Waals surface area (Å²) in [4.78, 5) is 2.75. The van der Waals surface area contributed by atoms with Gasteiger partial charge in [0.05, 0.1) is 5.56 Å². The Morgan fingerprint density at radius 1 is 1.54 bits per heavy atom. The monoisotopic (exact) mass is 188 g/mol. The van der Waals surface area contributed by atoms with Gasteiger partial charge in [-0.3, -0.25) is 0 Å². The van der Waals surface area contributed by atoms with Crippen molar-refractivity contribution in [2.24, 2.45) is 0 Å². The Labute approximate surface area is 71.1 Å². The highest BCUT2D eigenvalue weighted by molar-refractivity contribution is 5.39. The van der Waals surface area contributed by atoms with E-state index in [9.17, 15) is 13.2 Å². The lowest BCUT2D eigenvalue weighted by molar-refractivity contribution is 0.144. The number of hydrogen-bond acceptors (Lipinski definition) is 3. The van der Waals surface area contributed by atoms with E-state index >= 15 is 0 Å². The Balaban J connectivity index is 3.35. The molecule has 3 nitrogen and oxygen atoms in total. The smallest absolute Gasteiger partial charge is 0.281 e. The molecule has 0 unspecified atom stereocenters. The second kappa shape index (κ2) is 3.31. The molecule has 6 heteroatoms. The maximum Gasteiger partial charge on any atom is 0.281 e. The first-order valence-corrected chi connectivity index (χ1v) is 3.14. The zero-order valence-electron chi connectivity index (χ0n) is 6.13. The molecular formula is C7H3F3N2O. The molecule has 1 rings (SSSR count). The Kier molecular flexibility index (Phi) is 2.37. The number of halogens is 3. The van der Waals surface area contributed by atoms with Gasteiger partial charge >= 0.3 is 0 Å². The highest BCUT2D eigenvalue weighted by atomic mass is 19.3. The van der Waals surface area contributed by atoms with Crippen molar-refractivity contribution < 1.29 is 18.3 Å². The molecule has 0 saturated heterocycles. The van der Waals surface area contributed by atoms with Crippen molar-refractivity contribution in [3.05, 3.63) is 23.3 Å². The summed E-state index contributed by atoms with van der Waals surface area (Å²) in [6.45, 7) is 0. The van der Waals surface area contributed by atoms with E-state index in [0.29, 0.717) is 6.07 Å². The molecule has 0 aliphatic heterocycles. The summed E-state index contributed by atoms with van der Waals surface area (Å²) in [6, 6.07) is 1.99. The maximum absolute atomic E-state index is 12.5. The fourth-order valence-corrected chi connectivity index (χ4v) is 0.749. The second-order valence-electron chi connectivity index (χ2n) is 2.14. The van der Waals surface area contributed by atoms with Gasteiger partial charge in [-0.15, -0.1) is 0 Å².